The van der Waals surface area contributed by atoms with Crippen LogP contribution in [-0.4, -0.2) is 19.0 Å². The summed E-state index contributed by atoms with van der Waals surface area (Å²) in [5.41, 5.74) is 7.02. The Bertz CT molecular complexity index is 599. The Balaban J connectivity index is 1.70. The maximum absolute atomic E-state index is 7.30. The van der Waals surface area contributed by atoms with Crippen LogP contribution < -0.4 is 10.5 Å². The summed E-state index contributed by atoms with van der Waals surface area (Å²) in [4.78, 5) is 0. The number of hydrogen-bond acceptors (Lipinski definition) is 3. The number of nitrogens with one attached hydrogen (secondary N) is 1. The second kappa shape index (κ2) is 7.67. The highest BCUT2D eigenvalue weighted by atomic mass is 35.5. The van der Waals surface area contributed by atoms with Crippen molar-refractivity contribution in [2.24, 2.45) is 5.73 Å². The Morgan fingerprint density at radius 3 is 2.43 bits per heavy atom. The van der Waals surface area contributed by atoms with Crippen molar-refractivity contribution in [3.63, 3.8) is 0 Å². The van der Waals surface area contributed by atoms with Crippen molar-refractivity contribution < 1.29 is 9.47 Å². The van der Waals surface area contributed by atoms with E-state index in [9.17, 15) is 0 Å². The molecule has 0 atom stereocenters. The van der Waals surface area contributed by atoms with Crippen LogP contribution in [0.25, 0.3) is 0 Å². The van der Waals surface area contributed by atoms with E-state index in [0.717, 1.165) is 11.3 Å². The zero-order chi connectivity index (χ0) is 15.1. The van der Waals surface area contributed by atoms with Crippen LogP contribution in [0.4, 0.5) is 0 Å². The summed E-state index contributed by atoms with van der Waals surface area (Å²) in [6.45, 7) is 1.38. The van der Waals surface area contributed by atoms with Gasteiger partial charge in [-0.25, -0.2) is 0 Å². The molecule has 0 aliphatic carbocycles. The quantitative estimate of drug-likeness (QED) is 0.469. The first-order valence-electron chi connectivity index (χ1n) is 6.55. The Morgan fingerprint density at radius 2 is 1.76 bits per heavy atom. The summed E-state index contributed by atoms with van der Waals surface area (Å²) in [5, 5.41) is 8.01. The van der Waals surface area contributed by atoms with Crippen molar-refractivity contribution >= 4 is 17.4 Å². The predicted molar refractivity (Wildman–Crippen MR) is 84.1 cm³/mol. The SMILES string of the molecule is N=C(N)c1ccc(OCCOCc2ccccc2Cl)cc1. The third kappa shape index (κ3) is 4.77. The number of nitrogens with two attached hydrogens (primary N) is 1. The van der Waals surface area contributed by atoms with Gasteiger partial charge in [-0.3, -0.25) is 5.41 Å². The molecule has 2 aromatic carbocycles. The fraction of sp³-hybridized carbons (Fsp3) is 0.188. The minimum atomic E-state index is 0.0459. The molecule has 0 fully saturated rings. The predicted octanol–water partition coefficient (Wildman–Crippen LogP) is 3.22. The molecule has 0 spiro atoms. The number of benzene rings is 2. The van der Waals surface area contributed by atoms with E-state index in [2.05, 4.69) is 0 Å². The van der Waals surface area contributed by atoms with Gasteiger partial charge < -0.3 is 15.2 Å². The molecule has 2 aromatic rings. The van der Waals surface area contributed by atoms with Crippen molar-refractivity contribution in [1.29, 1.82) is 5.41 Å². The lowest BCUT2D eigenvalue weighted by molar-refractivity contribution is 0.0889. The third-order valence-electron chi connectivity index (χ3n) is 2.88. The highest BCUT2D eigenvalue weighted by Gasteiger charge is 2.00. The molecule has 2 rings (SSSR count). The van der Waals surface area contributed by atoms with E-state index in [-0.39, 0.29) is 5.84 Å². The lowest BCUT2D eigenvalue weighted by Crippen LogP contribution is -2.11. The van der Waals surface area contributed by atoms with Gasteiger partial charge in [0, 0.05) is 10.6 Å². The largest absolute Gasteiger partial charge is 0.491 e. The topological polar surface area (TPSA) is 68.3 Å². The molecule has 0 aliphatic rings. The average molecular weight is 305 g/mol. The summed E-state index contributed by atoms with van der Waals surface area (Å²) in [6.07, 6.45) is 0. The highest BCUT2D eigenvalue weighted by Crippen LogP contribution is 2.16. The van der Waals surface area contributed by atoms with Crippen molar-refractivity contribution in [2.45, 2.75) is 6.61 Å². The van der Waals surface area contributed by atoms with E-state index in [1.807, 2.05) is 24.3 Å². The van der Waals surface area contributed by atoms with Crippen LogP contribution in [0, 0.1) is 5.41 Å². The van der Waals surface area contributed by atoms with E-state index in [4.69, 9.17) is 32.2 Å². The van der Waals surface area contributed by atoms with Gasteiger partial charge in [0.2, 0.25) is 0 Å². The van der Waals surface area contributed by atoms with Gasteiger partial charge in [-0.2, -0.15) is 0 Å². The van der Waals surface area contributed by atoms with Gasteiger partial charge in [0.25, 0.3) is 0 Å². The molecular weight excluding hydrogens is 288 g/mol. The Labute approximate surface area is 129 Å². The highest BCUT2D eigenvalue weighted by molar-refractivity contribution is 6.31. The summed E-state index contributed by atoms with van der Waals surface area (Å²) in [7, 11) is 0. The van der Waals surface area contributed by atoms with Crippen LogP contribution in [0.15, 0.2) is 48.5 Å². The minimum absolute atomic E-state index is 0.0459. The van der Waals surface area contributed by atoms with Gasteiger partial charge in [0.05, 0.1) is 13.2 Å². The second-order valence-corrected chi connectivity index (χ2v) is 4.84. The monoisotopic (exact) mass is 304 g/mol. The second-order valence-electron chi connectivity index (χ2n) is 4.43. The van der Waals surface area contributed by atoms with E-state index >= 15 is 0 Å². The zero-order valence-electron chi connectivity index (χ0n) is 11.5. The van der Waals surface area contributed by atoms with E-state index in [1.54, 1.807) is 24.3 Å². The normalized spacial score (nSPS) is 10.3. The molecule has 0 aliphatic heterocycles. The van der Waals surface area contributed by atoms with Crippen LogP contribution in [0.1, 0.15) is 11.1 Å². The Hall–Kier alpha value is -2.04. The lowest BCUT2D eigenvalue weighted by Gasteiger charge is -2.08. The molecular formula is C16H17ClN2O2. The molecule has 110 valence electrons. The molecule has 3 N–H and O–H groups in total. The number of nitrogen functional groups attached to an aromatic ring is 1. The molecule has 5 heteroatoms. The van der Waals surface area contributed by atoms with Crippen LogP contribution in [0.5, 0.6) is 5.75 Å². The van der Waals surface area contributed by atoms with Gasteiger partial charge in [-0.05, 0) is 35.9 Å². The molecule has 0 saturated heterocycles. The fourth-order valence-corrected chi connectivity index (χ4v) is 1.94. The smallest absolute Gasteiger partial charge is 0.122 e. The number of hydrogen-bond donors (Lipinski definition) is 2. The van der Waals surface area contributed by atoms with Crippen molar-refractivity contribution in [3.8, 4) is 5.75 Å². The Kier molecular flexibility index (Phi) is 5.60. The zero-order valence-corrected chi connectivity index (χ0v) is 12.3. The summed E-state index contributed by atoms with van der Waals surface area (Å²) < 4.78 is 11.1. The van der Waals surface area contributed by atoms with Crippen LogP contribution in [0.2, 0.25) is 5.02 Å². The lowest BCUT2D eigenvalue weighted by atomic mass is 10.2. The first kappa shape index (κ1) is 15.4. The molecule has 21 heavy (non-hydrogen) atoms. The van der Waals surface area contributed by atoms with Crippen molar-refractivity contribution in [2.75, 3.05) is 13.2 Å². The van der Waals surface area contributed by atoms with Gasteiger partial charge >= 0.3 is 0 Å². The molecule has 0 saturated carbocycles. The van der Waals surface area contributed by atoms with Crippen molar-refractivity contribution in [3.05, 3.63) is 64.7 Å². The molecule has 4 nitrogen and oxygen atoms in total. The molecule has 0 radical (unpaired) electrons. The molecule has 0 unspecified atom stereocenters. The van der Waals surface area contributed by atoms with Crippen molar-refractivity contribution in [1.82, 2.24) is 0 Å². The third-order valence-corrected chi connectivity index (χ3v) is 3.25. The first-order valence-corrected chi connectivity index (χ1v) is 6.93. The van der Waals surface area contributed by atoms with E-state index in [0.29, 0.717) is 30.4 Å². The summed E-state index contributed by atoms with van der Waals surface area (Å²) in [6, 6.07) is 14.7. The number of ether oxygens (including phenoxy) is 2. The van der Waals surface area contributed by atoms with Gasteiger partial charge in [-0.1, -0.05) is 29.8 Å². The standard InChI is InChI=1S/C16H17ClN2O2/c17-15-4-2-1-3-13(15)11-20-9-10-21-14-7-5-12(6-8-14)16(18)19/h1-8H,9-11H2,(H3,18,19). The molecule has 0 heterocycles. The summed E-state index contributed by atoms with van der Waals surface area (Å²) >= 11 is 6.03. The van der Waals surface area contributed by atoms with Gasteiger partial charge in [-0.15, -0.1) is 0 Å². The number of amidine groups is 1. The minimum Gasteiger partial charge on any atom is -0.491 e. The van der Waals surface area contributed by atoms with Crippen LogP contribution in [-0.2, 0) is 11.3 Å². The summed E-state index contributed by atoms with van der Waals surface area (Å²) in [5.74, 6) is 0.769. The fourth-order valence-electron chi connectivity index (χ4n) is 1.75. The average Bonchev–Trinajstić information content (AvgIpc) is 2.49. The van der Waals surface area contributed by atoms with Crippen LogP contribution in [0.3, 0.4) is 0 Å². The molecule has 0 aromatic heterocycles. The number of halogens is 1. The van der Waals surface area contributed by atoms with Crippen LogP contribution >= 0.6 is 11.6 Å². The molecule has 0 amide bonds. The molecule has 0 bridgehead atoms. The van der Waals surface area contributed by atoms with E-state index in [1.165, 1.54) is 0 Å². The maximum Gasteiger partial charge on any atom is 0.122 e. The van der Waals surface area contributed by atoms with E-state index < -0.39 is 0 Å². The number of rotatable bonds is 7. The van der Waals surface area contributed by atoms with Gasteiger partial charge in [0.1, 0.15) is 18.2 Å². The first-order chi connectivity index (χ1) is 10.2. The Morgan fingerprint density at radius 1 is 1.05 bits per heavy atom. The maximum atomic E-state index is 7.30. The van der Waals surface area contributed by atoms with Gasteiger partial charge in [0.15, 0.2) is 0 Å².